The number of allylic oxidation sites excluding steroid dienone is 3. The Labute approximate surface area is 111 Å². The Bertz CT molecular complexity index is 625. The van der Waals surface area contributed by atoms with Crippen LogP contribution in [-0.2, 0) is 0 Å². The molecular weight excluding hydrogens is 236 g/mol. The van der Waals surface area contributed by atoms with Crippen LogP contribution < -0.4 is 5.32 Å². The SMILES string of the molecule is C1=CC2NC3=C(CCN=C3)C2C(c2cncnc2)=C1. The molecule has 1 aromatic rings. The van der Waals surface area contributed by atoms with Crippen molar-refractivity contribution in [2.75, 3.05) is 6.54 Å². The molecule has 4 heteroatoms. The molecule has 4 nitrogen and oxygen atoms in total. The fraction of sp³-hybridized carbons (Fsp3) is 0.267. The molecule has 4 rings (SSSR count). The second-order valence-corrected chi connectivity index (χ2v) is 5.01. The van der Waals surface area contributed by atoms with Gasteiger partial charge in [0.05, 0.1) is 11.7 Å². The third-order valence-electron chi connectivity index (χ3n) is 3.96. The van der Waals surface area contributed by atoms with Crippen LogP contribution in [0, 0.1) is 5.92 Å². The molecule has 2 aliphatic heterocycles. The van der Waals surface area contributed by atoms with Crippen molar-refractivity contribution >= 4 is 11.8 Å². The van der Waals surface area contributed by atoms with E-state index in [-0.39, 0.29) is 0 Å². The highest BCUT2D eigenvalue weighted by atomic mass is 15.0. The van der Waals surface area contributed by atoms with Crippen LogP contribution in [0.15, 0.2) is 53.2 Å². The molecule has 0 saturated carbocycles. The minimum absolute atomic E-state index is 0.342. The van der Waals surface area contributed by atoms with Crippen LogP contribution >= 0.6 is 0 Å². The van der Waals surface area contributed by atoms with E-state index in [4.69, 9.17) is 0 Å². The zero-order chi connectivity index (χ0) is 12.7. The largest absolute Gasteiger partial charge is 0.377 e. The third kappa shape index (κ3) is 1.63. The first kappa shape index (κ1) is 10.7. The lowest BCUT2D eigenvalue weighted by Gasteiger charge is -2.25. The Balaban J connectivity index is 1.80. The van der Waals surface area contributed by atoms with Gasteiger partial charge in [-0.1, -0.05) is 18.2 Å². The lowest BCUT2D eigenvalue weighted by molar-refractivity contribution is 0.632. The van der Waals surface area contributed by atoms with E-state index in [2.05, 4.69) is 38.5 Å². The van der Waals surface area contributed by atoms with E-state index in [0.717, 1.165) is 18.5 Å². The first-order chi connectivity index (χ1) is 9.43. The molecule has 19 heavy (non-hydrogen) atoms. The average Bonchev–Trinajstić information content (AvgIpc) is 2.86. The number of hydrogen-bond acceptors (Lipinski definition) is 4. The average molecular weight is 250 g/mol. The second kappa shape index (κ2) is 4.16. The number of fused-ring (bicyclic) bond motifs is 2. The van der Waals surface area contributed by atoms with E-state index in [1.807, 2.05) is 18.6 Å². The monoisotopic (exact) mass is 250 g/mol. The summed E-state index contributed by atoms with van der Waals surface area (Å²) in [4.78, 5) is 12.6. The number of nitrogens with one attached hydrogen (secondary N) is 1. The summed E-state index contributed by atoms with van der Waals surface area (Å²) in [5.74, 6) is 0.401. The van der Waals surface area contributed by atoms with Crippen molar-refractivity contribution in [1.29, 1.82) is 0 Å². The molecule has 1 N–H and O–H groups in total. The normalized spacial score (nSPS) is 27.7. The van der Waals surface area contributed by atoms with Crippen LogP contribution in [0.3, 0.4) is 0 Å². The van der Waals surface area contributed by atoms with Crippen molar-refractivity contribution in [2.45, 2.75) is 12.5 Å². The van der Waals surface area contributed by atoms with E-state index in [1.54, 1.807) is 6.33 Å². The molecule has 2 unspecified atom stereocenters. The minimum Gasteiger partial charge on any atom is -0.377 e. The number of rotatable bonds is 1. The predicted molar refractivity (Wildman–Crippen MR) is 74.6 cm³/mol. The lowest BCUT2D eigenvalue weighted by Crippen LogP contribution is -2.29. The van der Waals surface area contributed by atoms with Crippen LogP contribution in [0.25, 0.3) is 5.57 Å². The van der Waals surface area contributed by atoms with Gasteiger partial charge in [0.15, 0.2) is 0 Å². The molecule has 3 aliphatic rings. The van der Waals surface area contributed by atoms with E-state index in [0.29, 0.717) is 12.0 Å². The molecule has 1 aromatic heterocycles. The first-order valence-electron chi connectivity index (χ1n) is 6.56. The summed E-state index contributed by atoms with van der Waals surface area (Å²) in [6.45, 7) is 0.895. The van der Waals surface area contributed by atoms with Gasteiger partial charge < -0.3 is 5.32 Å². The van der Waals surface area contributed by atoms with Crippen molar-refractivity contribution in [3.05, 3.63) is 53.8 Å². The molecule has 3 heterocycles. The van der Waals surface area contributed by atoms with Gasteiger partial charge in [0.25, 0.3) is 0 Å². The predicted octanol–water partition coefficient (Wildman–Crippen LogP) is 1.75. The molecule has 0 amide bonds. The summed E-state index contributed by atoms with van der Waals surface area (Å²) < 4.78 is 0. The second-order valence-electron chi connectivity index (χ2n) is 5.01. The van der Waals surface area contributed by atoms with Gasteiger partial charge in [0.2, 0.25) is 0 Å². The van der Waals surface area contributed by atoms with Crippen LogP contribution in [0.4, 0.5) is 0 Å². The summed E-state index contributed by atoms with van der Waals surface area (Å²) in [5, 5.41) is 3.56. The Morgan fingerprint density at radius 1 is 1.21 bits per heavy atom. The number of nitrogens with zero attached hydrogens (tertiary/aromatic N) is 3. The number of hydrogen-bond donors (Lipinski definition) is 1. The third-order valence-corrected chi connectivity index (χ3v) is 3.96. The number of aromatic nitrogens is 2. The molecule has 1 aliphatic carbocycles. The standard InChI is InChI=1S/C15H14N4/c1-2-11(10-6-17-9-18-7-10)15-12-4-5-16-8-14(12)19-13(15)3-1/h1-3,6-9,13,15,19H,4-5H2. The van der Waals surface area contributed by atoms with Crippen LogP contribution in [-0.4, -0.2) is 28.8 Å². The molecule has 0 fully saturated rings. The summed E-state index contributed by atoms with van der Waals surface area (Å²) in [7, 11) is 0. The van der Waals surface area contributed by atoms with Crippen molar-refractivity contribution < 1.29 is 0 Å². The molecule has 94 valence electrons. The van der Waals surface area contributed by atoms with Crippen molar-refractivity contribution in [1.82, 2.24) is 15.3 Å². The lowest BCUT2D eigenvalue weighted by atomic mass is 9.80. The molecule has 0 aromatic carbocycles. The Morgan fingerprint density at radius 3 is 3.00 bits per heavy atom. The number of dihydropyridines is 1. The molecule has 0 saturated heterocycles. The van der Waals surface area contributed by atoms with Crippen LogP contribution in [0.2, 0.25) is 0 Å². The molecule has 2 atom stereocenters. The van der Waals surface area contributed by atoms with Gasteiger partial charge in [-0.05, 0) is 17.6 Å². The van der Waals surface area contributed by atoms with Gasteiger partial charge in [0, 0.05) is 36.6 Å². The highest BCUT2D eigenvalue weighted by Gasteiger charge is 2.37. The maximum atomic E-state index is 4.36. The van der Waals surface area contributed by atoms with Gasteiger partial charge in [-0.25, -0.2) is 9.97 Å². The Hall–Kier alpha value is -2.23. The fourth-order valence-corrected chi connectivity index (χ4v) is 3.14. The Morgan fingerprint density at radius 2 is 2.11 bits per heavy atom. The van der Waals surface area contributed by atoms with Crippen LogP contribution in [0.1, 0.15) is 12.0 Å². The molecule has 0 bridgehead atoms. The van der Waals surface area contributed by atoms with Crippen molar-refractivity contribution in [2.24, 2.45) is 10.9 Å². The van der Waals surface area contributed by atoms with Crippen molar-refractivity contribution in [3.8, 4) is 0 Å². The molecule has 0 spiro atoms. The van der Waals surface area contributed by atoms with Crippen molar-refractivity contribution in [3.63, 3.8) is 0 Å². The maximum Gasteiger partial charge on any atom is 0.115 e. The van der Waals surface area contributed by atoms with E-state index >= 15 is 0 Å². The summed E-state index contributed by atoms with van der Waals surface area (Å²) in [5.41, 5.74) is 5.09. The summed E-state index contributed by atoms with van der Waals surface area (Å²) in [6, 6.07) is 0.342. The quantitative estimate of drug-likeness (QED) is 0.826. The zero-order valence-corrected chi connectivity index (χ0v) is 10.5. The highest BCUT2D eigenvalue weighted by molar-refractivity contribution is 5.85. The smallest absolute Gasteiger partial charge is 0.115 e. The topological polar surface area (TPSA) is 50.2 Å². The highest BCUT2D eigenvalue weighted by Crippen LogP contribution is 2.41. The van der Waals surface area contributed by atoms with E-state index in [9.17, 15) is 0 Å². The van der Waals surface area contributed by atoms with E-state index in [1.165, 1.54) is 16.8 Å². The van der Waals surface area contributed by atoms with Crippen LogP contribution in [0.5, 0.6) is 0 Å². The number of aliphatic imine (C=N–C) groups is 1. The minimum atomic E-state index is 0.342. The summed E-state index contributed by atoms with van der Waals surface area (Å²) in [6.07, 6.45) is 14.9. The van der Waals surface area contributed by atoms with E-state index < -0.39 is 0 Å². The first-order valence-corrected chi connectivity index (χ1v) is 6.56. The summed E-state index contributed by atoms with van der Waals surface area (Å²) >= 11 is 0. The molecular formula is C15H14N4. The maximum absolute atomic E-state index is 4.36. The van der Waals surface area contributed by atoms with Gasteiger partial charge in [0.1, 0.15) is 6.33 Å². The zero-order valence-electron chi connectivity index (χ0n) is 10.5. The molecule has 0 radical (unpaired) electrons. The van der Waals surface area contributed by atoms with Gasteiger partial charge in [-0.2, -0.15) is 0 Å². The van der Waals surface area contributed by atoms with Gasteiger partial charge in [-0.15, -0.1) is 0 Å². The van der Waals surface area contributed by atoms with Gasteiger partial charge >= 0.3 is 0 Å². The Kier molecular flexibility index (Phi) is 2.33. The fourth-order valence-electron chi connectivity index (χ4n) is 3.14. The van der Waals surface area contributed by atoms with Gasteiger partial charge in [-0.3, -0.25) is 4.99 Å².